The summed E-state index contributed by atoms with van der Waals surface area (Å²) in [5.74, 6) is 0.961. The Morgan fingerprint density at radius 1 is 1.13 bits per heavy atom. The number of hydrogen-bond donors (Lipinski definition) is 1. The molecule has 132 valence electrons. The fraction of sp³-hybridized carbons (Fsp3) is 0.700. The minimum atomic E-state index is 0.0931. The van der Waals surface area contributed by atoms with Gasteiger partial charge in [0.25, 0.3) is 0 Å². The number of unbranched alkanes of at least 4 members (excludes halogenated alkanes) is 3. The van der Waals surface area contributed by atoms with E-state index >= 15 is 0 Å². The molecule has 0 aliphatic heterocycles. The van der Waals surface area contributed by atoms with Crippen molar-refractivity contribution in [3.63, 3.8) is 0 Å². The first-order valence-electron chi connectivity index (χ1n) is 9.13. The predicted molar refractivity (Wildman–Crippen MR) is 100 cm³/mol. The molecule has 1 atom stereocenters. The van der Waals surface area contributed by atoms with Gasteiger partial charge in [0.05, 0.1) is 6.61 Å². The third-order valence-corrected chi connectivity index (χ3v) is 4.31. The molecular formula is C20H36N2O. The monoisotopic (exact) mass is 320 g/mol. The van der Waals surface area contributed by atoms with Crippen LogP contribution in [-0.4, -0.2) is 30.1 Å². The average molecular weight is 321 g/mol. The molecule has 1 rings (SSSR count). The van der Waals surface area contributed by atoms with Crippen molar-refractivity contribution >= 4 is 0 Å². The molecule has 0 saturated heterocycles. The second-order valence-electron chi connectivity index (χ2n) is 7.19. The molecule has 3 heteroatoms. The lowest BCUT2D eigenvalue weighted by Gasteiger charge is -2.41. The van der Waals surface area contributed by atoms with E-state index in [4.69, 9.17) is 10.5 Å². The first-order valence-corrected chi connectivity index (χ1v) is 9.13. The number of hydrogen-bond acceptors (Lipinski definition) is 3. The van der Waals surface area contributed by atoms with Crippen molar-refractivity contribution < 1.29 is 4.74 Å². The van der Waals surface area contributed by atoms with Crippen LogP contribution >= 0.6 is 0 Å². The number of nitrogens with zero attached hydrogens (tertiary/aromatic N) is 1. The van der Waals surface area contributed by atoms with Crippen LogP contribution in [-0.2, 0) is 0 Å². The maximum absolute atomic E-state index is 6.10. The van der Waals surface area contributed by atoms with Gasteiger partial charge in [0, 0.05) is 18.1 Å². The first-order chi connectivity index (χ1) is 10.9. The van der Waals surface area contributed by atoms with E-state index < -0.39 is 0 Å². The lowest BCUT2D eigenvalue weighted by molar-refractivity contribution is 0.0918. The number of rotatable bonds is 10. The van der Waals surface area contributed by atoms with Gasteiger partial charge in [-0.3, -0.25) is 4.90 Å². The van der Waals surface area contributed by atoms with Gasteiger partial charge >= 0.3 is 0 Å². The highest BCUT2D eigenvalue weighted by molar-refractivity contribution is 5.31. The van der Waals surface area contributed by atoms with Crippen LogP contribution < -0.4 is 10.5 Å². The summed E-state index contributed by atoms with van der Waals surface area (Å²) in [6.45, 7) is 13.5. The molecule has 0 fully saturated rings. The van der Waals surface area contributed by atoms with Crippen LogP contribution in [0.3, 0.4) is 0 Å². The van der Waals surface area contributed by atoms with Crippen LogP contribution in [0.15, 0.2) is 24.3 Å². The molecule has 0 bridgehead atoms. The predicted octanol–water partition coefficient (Wildman–Crippen LogP) is 4.77. The molecule has 0 amide bonds. The Balaban J connectivity index is 2.76. The number of ether oxygens (including phenoxy) is 1. The van der Waals surface area contributed by atoms with Gasteiger partial charge in [-0.1, -0.05) is 45.2 Å². The zero-order valence-electron chi connectivity index (χ0n) is 15.8. The summed E-state index contributed by atoms with van der Waals surface area (Å²) in [6.07, 6.45) is 4.92. The molecule has 1 aromatic carbocycles. The topological polar surface area (TPSA) is 38.5 Å². The van der Waals surface area contributed by atoms with Crippen molar-refractivity contribution in [1.82, 2.24) is 4.90 Å². The number of likely N-dealkylation sites (N-methyl/N-ethyl adjacent to an activating group) is 1. The van der Waals surface area contributed by atoms with Gasteiger partial charge in [-0.25, -0.2) is 0 Å². The Morgan fingerprint density at radius 2 is 1.87 bits per heavy atom. The lowest BCUT2D eigenvalue weighted by atomic mass is 9.97. The molecule has 0 spiro atoms. The Kier molecular flexibility index (Phi) is 8.64. The molecule has 1 aromatic rings. The Morgan fingerprint density at radius 3 is 2.43 bits per heavy atom. The average Bonchev–Trinajstić information content (AvgIpc) is 2.51. The van der Waals surface area contributed by atoms with Gasteiger partial charge in [0.2, 0.25) is 0 Å². The normalized spacial score (nSPS) is 13.3. The molecule has 3 nitrogen and oxygen atoms in total. The van der Waals surface area contributed by atoms with Gasteiger partial charge < -0.3 is 10.5 Å². The highest BCUT2D eigenvalue weighted by Crippen LogP contribution is 2.29. The minimum absolute atomic E-state index is 0.0931. The number of nitrogens with two attached hydrogens (primary N) is 1. The van der Waals surface area contributed by atoms with Gasteiger partial charge in [-0.05, 0) is 51.4 Å². The maximum Gasteiger partial charge on any atom is 0.119 e. The van der Waals surface area contributed by atoms with E-state index in [-0.39, 0.29) is 11.6 Å². The molecule has 0 aliphatic carbocycles. The molecule has 23 heavy (non-hydrogen) atoms. The van der Waals surface area contributed by atoms with Crippen LogP contribution in [0.4, 0.5) is 0 Å². The fourth-order valence-electron chi connectivity index (χ4n) is 3.14. The Bertz CT molecular complexity index is 440. The maximum atomic E-state index is 6.10. The molecule has 0 radical (unpaired) electrons. The van der Waals surface area contributed by atoms with E-state index in [1.54, 1.807) is 0 Å². The summed E-state index contributed by atoms with van der Waals surface area (Å²) in [6, 6.07) is 8.67. The standard InChI is InChI=1S/C20H36N2O/c1-6-8-9-10-14-23-18-13-11-12-17(15-18)19(16-21)22(7-2)20(3,4)5/h11-13,15,19H,6-10,14,16,21H2,1-5H3. The third-order valence-electron chi connectivity index (χ3n) is 4.31. The second kappa shape index (κ2) is 9.94. The van der Waals surface area contributed by atoms with Gasteiger partial charge in [0.1, 0.15) is 5.75 Å². The third kappa shape index (κ3) is 6.52. The van der Waals surface area contributed by atoms with Crippen molar-refractivity contribution in [2.45, 2.75) is 71.9 Å². The van der Waals surface area contributed by atoms with Crippen LogP contribution in [0.5, 0.6) is 5.75 Å². The van der Waals surface area contributed by atoms with Crippen molar-refractivity contribution in [2.75, 3.05) is 19.7 Å². The zero-order chi connectivity index (χ0) is 17.3. The van der Waals surface area contributed by atoms with Gasteiger partial charge in [-0.2, -0.15) is 0 Å². The summed E-state index contributed by atoms with van der Waals surface area (Å²) in [5.41, 5.74) is 7.44. The Labute approximate surface area is 143 Å². The Hall–Kier alpha value is -1.06. The molecule has 0 heterocycles. The summed E-state index contributed by atoms with van der Waals surface area (Å²) in [7, 11) is 0. The highest BCUT2D eigenvalue weighted by Gasteiger charge is 2.27. The lowest BCUT2D eigenvalue weighted by Crippen LogP contribution is -2.46. The minimum Gasteiger partial charge on any atom is -0.494 e. The first kappa shape index (κ1) is 20.0. The summed E-state index contributed by atoms with van der Waals surface area (Å²) >= 11 is 0. The van der Waals surface area contributed by atoms with Crippen LogP contribution in [0.2, 0.25) is 0 Å². The zero-order valence-corrected chi connectivity index (χ0v) is 15.8. The molecule has 0 saturated carbocycles. The molecular weight excluding hydrogens is 284 g/mol. The van der Waals surface area contributed by atoms with E-state index in [0.717, 1.165) is 25.3 Å². The quantitative estimate of drug-likeness (QED) is 0.631. The van der Waals surface area contributed by atoms with Crippen molar-refractivity contribution in [3.05, 3.63) is 29.8 Å². The molecule has 1 unspecified atom stereocenters. The van der Waals surface area contributed by atoms with E-state index in [9.17, 15) is 0 Å². The smallest absolute Gasteiger partial charge is 0.119 e. The van der Waals surface area contributed by atoms with Crippen molar-refractivity contribution in [1.29, 1.82) is 0 Å². The fourth-order valence-corrected chi connectivity index (χ4v) is 3.14. The van der Waals surface area contributed by atoms with Gasteiger partial charge in [-0.15, -0.1) is 0 Å². The van der Waals surface area contributed by atoms with E-state index in [1.165, 1.54) is 24.8 Å². The van der Waals surface area contributed by atoms with E-state index in [0.29, 0.717) is 6.54 Å². The van der Waals surface area contributed by atoms with E-state index in [2.05, 4.69) is 57.7 Å². The summed E-state index contributed by atoms with van der Waals surface area (Å²) < 4.78 is 5.93. The van der Waals surface area contributed by atoms with E-state index in [1.807, 2.05) is 6.07 Å². The van der Waals surface area contributed by atoms with Crippen molar-refractivity contribution in [2.24, 2.45) is 5.73 Å². The van der Waals surface area contributed by atoms with Crippen molar-refractivity contribution in [3.8, 4) is 5.75 Å². The van der Waals surface area contributed by atoms with Crippen LogP contribution in [0.1, 0.15) is 71.9 Å². The SMILES string of the molecule is CCCCCCOc1cccc(C(CN)N(CC)C(C)(C)C)c1. The molecule has 0 aliphatic rings. The number of benzene rings is 1. The summed E-state index contributed by atoms with van der Waals surface area (Å²) in [4.78, 5) is 2.45. The molecule has 0 aromatic heterocycles. The largest absolute Gasteiger partial charge is 0.494 e. The highest BCUT2D eigenvalue weighted by atomic mass is 16.5. The van der Waals surface area contributed by atoms with Crippen LogP contribution in [0.25, 0.3) is 0 Å². The molecule has 2 N–H and O–H groups in total. The van der Waals surface area contributed by atoms with Gasteiger partial charge in [0.15, 0.2) is 0 Å². The summed E-state index contributed by atoms with van der Waals surface area (Å²) in [5, 5.41) is 0. The van der Waals surface area contributed by atoms with Crippen LogP contribution in [0, 0.1) is 0 Å². The second-order valence-corrected chi connectivity index (χ2v) is 7.19.